The number of aliphatic hydroxyl groups is 3. The highest BCUT2D eigenvalue weighted by atomic mass is 16.5. The number of nitrogens with two attached hydrogens (primary N) is 1. The van der Waals surface area contributed by atoms with Crippen LogP contribution in [-0.2, 0) is 14.3 Å². The van der Waals surface area contributed by atoms with E-state index in [1.54, 1.807) is 0 Å². The molecular weight excluding hydrogens is 825 g/mol. The number of rotatable bonds is 6. The molecule has 0 radical (unpaired) electrons. The zero-order valence-electron chi connectivity index (χ0n) is 43.9. The summed E-state index contributed by atoms with van der Waals surface area (Å²) in [7, 11) is 8.41. The van der Waals surface area contributed by atoms with Crippen molar-refractivity contribution in [2.24, 2.45) is 101 Å². The molecule has 0 aromatic carbocycles. The maximum absolute atomic E-state index is 14.4. The lowest BCUT2D eigenvalue weighted by atomic mass is 9.41. The zero-order valence-corrected chi connectivity index (χ0v) is 43.9. The van der Waals surface area contributed by atoms with Crippen molar-refractivity contribution in [3.8, 4) is 0 Å². The molecule has 10 heteroatoms. The molecule has 10 saturated carbocycles. The van der Waals surface area contributed by atoms with E-state index in [2.05, 4.69) is 113 Å². The maximum atomic E-state index is 14.4. The van der Waals surface area contributed by atoms with Crippen LogP contribution >= 0.6 is 0 Å². The highest BCUT2D eigenvalue weighted by Gasteiger charge is 2.88. The predicted octanol–water partition coefficient (Wildman–Crippen LogP) is 7.30. The largest absolute Gasteiger partial charge is 0.396 e. The van der Waals surface area contributed by atoms with Gasteiger partial charge in [0.1, 0.15) is 17.8 Å². The van der Waals surface area contributed by atoms with E-state index in [0.29, 0.717) is 60.0 Å². The number of ether oxygens (including phenoxy) is 1. The number of carbonyl (C=O) groups excluding carboxylic acids is 2. The quantitative estimate of drug-likeness (QED) is 0.184. The number of hydrogen-bond donors (Lipinski definition) is 5. The normalized spacial score (nSPS) is 58.3. The first-order valence-corrected chi connectivity index (χ1v) is 27.1. The molecule has 6 N–H and O–H groups in total. The Kier molecular flexibility index (Phi) is 10.9. The summed E-state index contributed by atoms with van der Waals surface area (Å²) < 4.78 is 6.43. The average Bonchev–Trinajstić information content (AvgIpc) is 4.09. The minimum atomic E-state index is -0.356. The highest BCUT2D eigenvalue weighted by Crippen LogP contribution is 2.89. The van der Waals surface area contributed by atoms with Crippen molar-refractivity contribution >= 4 is 11.6 Å². The Bertz CT molecular complexity index is 2000. The van der Waals surface area contributed by atoms with Crippen LogP contribution in [0.5, 0.6) is 0 Å². The van der Waals surface area contributed by atoms with Gasteiger partial charge in [0, 0.05) is 70.5 Å². The van der Waals surface area contributed by atoms with E-state index in [4.69, 9.17) is 10.5 Å². The molecule has 23 atom stereocenters. The summed E-state index contributed by atoms with van der Waals surface area (Å²) in [5.41, 5.74) is 5.86. The average molecular weight is 919 g/mol. The molecule has 374 valence electrons. The molecule has 0 amide bonds. The van der Waals surface area contributed by atoms with Crippen LogP contribution in [0.1, 0.15) is 159 Å². The summed E-state index contributed by atoms with van der Waals surface area (Å²) in [5.74, 6) is 3.39. The molecular formula is C56H94N4O6. The van der Waals surface area contributed by atoms with E-state index in [1.165, 1.54) is 12.8 Å². The molecule has 1 saturated heterocycles. The Labute approximate surface area is 399 Å². The fourth-order valence-electron chi connectivity index (χ4n) is 22.0. The summed E-state index contributed by atoms with van der Waals surface area (Å²) in [4.78, 5) is 33.1. The third kappa shape index (κ3) is 5.50. The highest BCUT2D eigenvalue weighted by molar-refractivity contribution is 5.93. The second-order valence-electron chi connectivity index (χ2n) is 28.4. The molecule has 0 aromatic heterocycles. The van der Waals surface area contributed by atoms with E-state index in [1.807, 2.05) is 0 Å². The summed E-state index contributed by atoms with van der Waals surface area (Å²) in [5, 5.41) is 37.1. The Morgan fingerprint density at radius 3 is 1.56 bits per heavy atom. The summed E-state index contributed by atoms with van der Waals surface area (Å²) in [6.07, 6.45) is 13.2. The number of Topliss-reactive ketones (excluding diaryl/α,β-unsaturated/α-hetero) is 2. The Hall–Kier alpha value is -0.980. The van der Waals surface area contributed by atoms with E-state index in [-0.39, 0.29) is 109 Å². The van der Waals surface area contributed by atoms with Crippen LogP contribution in [-0.4, -0.2) is 121 Å². The third-order valence-electron chi connectivity index (χ3n) is 26.1. The number of fused-ring (bicyclic) bond motifs is 6. The van der Waals surface area contributed by atoms with Crippen LogP contribution in [0.4, 0.5) is 0 Å². The number of carbonyl (C=O) groups is 2. The number of aliphatic hydroxyl groups excluding tert-OH is 3. The van der Waals surface area contributed by atoms with Crippen LogP contribution in [0.15, 0.2) is 0 Å². The molecule has 0 bridgehead atoms. The minimum absolute atomic E-state index is 0.0143. The van der Waals surface area contributed by atoms with Crippen molar-refractivity contribution in [3.63, 3.8) is 0 Å². The Morgan fingerprint density at radius 2 is 1.11 bits per heavy atom. The monoisotopic (exact) mass is 919 g/mol. The topological polar surface area (TPSA) is 149 Å². The number of nitrogens with zero attached hydrogens (tertiary/aromatic N) is 2. The summed E-state index contributed by atoms with van der Waals surface area (Å²) >= 11 is 0. The predicted molar refractivity (Wildman–Crippen MR) is 259 cm³/mol. The van der Waals surface area contributed by atoms with Gasteiger partial charge in [-0.05, 0) is 181 Å². The smallest absolute Gasteiger partial charge is 0.140 e. The van der Waals surface area contributed by atoms with E-state index in [9.17, 15) is 24.9 Å². The molecule has 66 heavy (non-hydrogen) atoms. The molecule has 0 aromatic rings. The van der Waals surface area contributed by atoms with Crippen molar-refractivity contribution in [2.45, 2.75) is 202 Å². The first-order valence-electron chi connectivity index (χ1n) is 27.1. The van der Waals surface area contributed by atoms with Gasteiger partial charge in [0.05, 0.1) is 25.4 Å². The van der Waals surface area contributed by atoms with Crippen molar-refractivity contribution < 1.29 is 29.6 Å². The molecule has 11 fully saturated rings. The maximum Gasteiger partial charge on any atom is 0.140 e. The summed E-state index contributed by atoms with van der Waals surface area (Å²) in [6.45, 7) is 24.1. The van der Waals surface area contributed by atoms with E-state index >= 15 is 0 Å². The molecule has 10 nitrogen and oxygen atoms in total. The van der Waals surface area contributed by atoms with Gasteiger partial charge in [-0.1, -0.05) is 55.4 Å². The molecule has 11 rings (SSSR count). The Balaban J connectivity index is 0.000000156. The second kappa shape index (κ2) is 14.8. The van der Waals surface area contributed by atoms with Gasteiger partial charge in [0.25, 0.3) is 0 Å². The molecule has 10 aliphatic carbocycles. The van der Waals surface area contributed by atoms with Crippen molar-refractivity contribution in [3.05, 3.63) is 0 Å². The zero-order chi connectivity index (χ0) is 48.1. The van der Waals surface area contributed by atoms with Crippen LogP contribution < -0.4 is 11.1 Å². The van der Waals surface area contributed by atoms with E-state index in [0.717, 1.165) is 70.8 Å². The Morgan fingerprint density at radius 1 is 0.667 bits per heavy atom. The molecule has 1 aliphatic heterocycles. The van der Waals surface area contributed by atoms with Crippen molar-refractivity contribution in [2.75, 3.05) is 41.4 Å². The van der Waals surface area contributed by atoms with Crippen LogP contribution in [0, 0.1) is 95.6 Å². The van der Waals surface area contributed by atoms with Crippen molar-refractivity contribution in [1.82, 2.24) is 15.1 Å². The minimum Gasteiger partial charge on any atom is -0.396 e. The van der Waals surface area contributed by atoms with Gasteiger partial charge in [-0.2, -0.15) is 0 Å². The molecule has 1 heterocycles. The van der Waals surface area contributed by atoms with E-state index < -0.39 is 0 Å². The SMILES string of the molecule is CC(C)[C@H]1N[C@H]2CCC34C[C@]35C(=O)C[C@]3(C)[C@@H]([C@H](C)N(C)C)[C@H](O)C[C@@]3(C)C5CCC4[C@]2(C)CO1.C[C@@H]([C@H]1[C@H](O)C[C@@]2(C)C3CCC4C5(CC[C@H](N)[C@@]4(C)CO)C[C@@]35C(=O)C[C@]12C)N(C)C. The van der Waals surface area contributed by atoms with Crippen molar-refractivity contribution in [1.29, 1.82) is 0 Å². The third-order valence-corrected chi connectivity index (χ3v) is 26.1. The van der Waals surface area contributed by atoms with Gasteiger partial charge in [-0.25, -0.2) is 0 Å². The first kappa shape index (κ1) is 48.6. The van der Waals surface area contributed by atoms with Crippen LogP contribution in [0.2, 0.25) is 0 Å². The molecule has 6 unspecified atom stereocenters. The van der Waals surface area contributed by atoms with Gasteiger partial charge in [-0.15, -0.1) is 0 Å². The lowest BCUT2D eigenvalue weighted by molar-refractivity contribution is -0.194. The number of hydrogen-bond acceptors (Lipinski definition) is 10. The van der Waals surface area contributed by atoms with Gasteiger partial charge < -0.3 is 35.6 Å². The fourth-order valence-corrected chi connectivity index (χ4v) is 22.0. The standard InChI is InChI=1S/C30H50N2O3.C26H44N2O3/c1-17(2)25-31-22-11-12-29-15-30(29)21(10-9-20(29)26(22,4)16-35-25)27(5)13-19(33)24(18(3)32(7)8)28(27,6)14-23(30)34;1-15(28(5)6)21-16(30)11-23(3)18-8-7-17-22(2,14-29)19(27)9-10-25(17)13-26(18,25)20(31)12-24(21,23)4/h17-22,24-25,31,33H,9-16H2,1-8H3;15-19,21,29-30H,7-14,27H2,1-6H3/t18-,19+,20?,21?,22-,24-,25-,26-,27-,28+,29?,30-;15-,16+,17?,18?,19-,21-,22-,23-,24+,25?,26-/m00/s1. The number of nitrogens with one attached hydrogen (secondary N) is 1. The molecule has 4 spiro atoms. The second-order valence-corrected chi connectivity index (χ2v) is 28.4. The molecule has 11 aliphatic rings. The van der Waals surface area contributed by atoms with Crippen LogP contribution in [0.3, 0.4) is 0 Å². The van der Waals surface area contributed by atoms with Gasteiger partial charge in [0.2, 0.25) is 0 Å². The van der Waals surface area contributed by atoms with Crippen LogP contribution in [0.25, 0.3) is 0 Å². The first-order chi connectivity index (χ1) is 30.6. The van der Waals surface area contributed by atoms with Gasteiger partial charge >= 0.3 is 0 Å². The summed E-state index contributed by atoms with van der Waals surface area (Å²) in [6, 6.07) is 1.00. The number of ketones is 2. The van der Waals surface area contributed by atoms with Gasteiger partial charge in [-0.3, -0.25) is 14.9 Å². The lowest BCUT2D eigenvalue weighted by Crippen LogP contribution is -2.67. The van der Waals surface area contributed by atoms with Gasteiger partial charge in [0.15, 0.2) is 0 Å². The lowest BCUT2D eigenvalue weighted by Gasteiger charge is -2.64. The fraction of sp³-hybridized carbons (Fsp3) is 0.964.